The first kappa shape index (κ1) is 15.6. The van der Waals surface area contributed by atoms with E-state index in [0.717, 1.165) is 0 Å². The summed E-state index contributed by atoms with van der Waals surface area (Å²) in [6, 6.07) is 0. The van der Waals surface area contributed by atoms with Crippen LogP contribution in [0, 0.1) is 5.92 Å². The quantitative estimate of drug-likeness (QED) is 0.726. The van der Waals surface area contributed by atoms with E-state index in [2.05, 4.69) is 0 Å². The molecule has 0 aromatic heterocycles. The first-order valence-electron chi connectivity index (χ1n) is 5.80. The maximum absolute atomic E-state index is 11.7. The van der Waals surface area contributed by atoms with Gasteiger partial charge >= 0.3 is 0 Å². The minimum absolute atomic E-state index is 0.111. The van der Waals surface area contributed by atoms with Gasteiger partial charge in [-0.1, -0.05) is 13.8 Å². The summed E-state index contributed by atoms with van der Waals surface area (Å²) >= 11 is 0. The number of hydrogen-bond acceptors (Lipinski definition) is 3. The van der Waals surface area contributed by atoms with E-state index in [4.69, 9.17) is 0 Å². The molecule has 0 aromatic rings. The second-order valence-electron chi connectivity index (χ2n) is 5.67. The zero-order valence-corrected chi connectivity index (χ0v) is 11.9. The van der Waals surface area contributed by atoms with Gasteiger partial charge in [0, 0.05) is 12.8 Å². The van der Waals surface area contributed by atoms with Crippen molar-refractivity contribution in [3.8, 4) is 0 Å². The van der Waals surface area contributed by atoms with Crippen LogP contribution in [0.25, 0.3) is 0 Å². The monoisotopic (exact) mass is 248 g/mol. The zero-order valence-electron chi connectivity index (χ0n) is 11.0. The number of hydrogen-bond donors (Lipinski definition) is 0. The molecule has 0 aliphatic heterocycles. The van der Waals surface area contributed by atoms with E-state index in [1.807, 2.05) is 13.8 Å². The van der Waals surface area contributed by atoms with E-state index in [1.165, 1.54) is 0 Å². The topological polar surface area (TPSA) is 51.2 Å². The molecule has 0 bridgehead atoms. The molecule has 0 amide bonds. The van der Waals surface area contributed by atoms with Crippen LogP contribution in [-0.4, -0.2) is 24.7 Å². The van der Waals surface area contributed by atoms with Crippen molar-refractivity contribution in [2.75, 3.05) is 5.75 Å². The number of carbonyl (C=O) groups excluding carboxylic acids is 1. The highest BCUT2D eigenvalue weighted by molar-refractivity contribution is 7.92. The van der Waals surface area contributed by atoms with Crippen LogP contribution < -0.4 is 0 Å². The first-order chi connectivity index (χ1) is 7.06. The molecule has 16 heavy (non-hydrogen) atoms. The van der Waals surface area contributed by atoms with E-state index >= 15 is 0 Å². The summed E-state index contributed by atoms with van der Waals surface area (Å²) < 4.78 is 22.8. The Kier molecular flexibility index (Phi) is 5.66. The lowest BCUT2D eigenvalue weighted by Crippen LogP contribution is -2.30. The lowest BCUT2D eigenvalue weighted by atomic mass is 10.0. The van der Waals surface area contributed by atoms with Gasteiger partial charge in [-0.15, -0.1) is 0 Å². The van der Waals surface area contributed by atoms with Crippen molar-refractivity contribution in [3.63, 3.8) is 0 Å². The maximum atomic E-state index is 11.7. The van der Waals surface area contributed by atoms with Gasteiger partial charge in [0.1, 0.15) is 5.78 Å². The van der Waals surface area contributed by atoms with Gasteiger partial charge in [0.25, 0.3) is 0 Å². The fourth-order valence-electron chi connectivity index (χ4n) is 1.32. The average molecular weight is 248 g/mol. The Bertz CT molecular complexity index is 321. The van der Waals surface area contributed by atoms with Crippen LogP contribution in [0.5, 0.6) is 0 Å². The summed E-state index contributed by atoms with van der Waals surface area (Å²) in [4.78, 5) is 11.4. The summed E-state index contributed by atoms with van der Waals surface area (Å²) in [5.41, 5.74) is 0. The number of sulfone groups is 1. The van der Waals surface area contributed by atoms with E-state index in [1.54, 1.807) is 20.8 Å². The van der Waals surface area contributed by atoms with Crippen molar-refractivity contribution in [2.45, 2.75) is 58.6 Å². The van der Waals surface area contributed by atoms with Crippen LogP contribution in [0.15, 0.2) is 0 Å². The van der Waals surface area contributed by atoms with Crippen LogP contribution in [0.2, 0.25) is 0 Å². The fraction of sp³-hybridized carbons (Fsp3) is 0.917. The molecule has 0 spiro atoms. The van der Waals surface area contributed by atoms with Crippen molar-refractivity contribution >= 4 is 15.6 Å². The third-order valence-corrected chi connectivity index (χ3v) is 5.13. The lowest BCUT2D eigenvalue weighted by molar-refractivity contribution is -0.119. The Morgan fingerprint density at radius 2 is 1.69 bits per heavy atom. The van der Waals surface area contributed by atoms with E-state index in [0.29, 0.717) is 25.2 Å². The van der Waals surface area contributed by atoms with Gasteiger partial charge < -0.3 is 0 Å². The lowest BCUT2D eigenvalue weighted by Gasteiger charge is -2.18. The van der Waals surface area contributed by atoms with Gasteiger partial charge in [0.05, 0.1) is 10.5 Å². The van der Waals surface area contributed by atoms with Gasteiger partial charge in [0.2, 0.25) is 0 Å². The molecule has 0 fully saturated rings. The first-order valence-corrected chi connectivity index (χ1v) is 7.45. The largest absolute Gasteiger partial charge is 0.300 e. The molecule has 0 aliphatic carbocycles. The highest BCUT2D eigenvalue weighted by Crippen LogP contribution is 2.17. The van der Waals surface area contributed by atoms with Crippen LogP contribution in [0.3, 0.4) is 0 Å². The van der Waals surface area contributed by atoms with Crippen LogP contribution in [-0.2, 0) is 14.6 Å². The van der Waals surface area contributed by atoms with Crippen molar-refractivity contribution in [1.82, 2.24) is 0 Å². The summed E-state index contributed by atoms with van der Waals surface area (Å²) in [6.07, 6.45) is 1.38. The third-order valence-electron chi connectivity index (χ3n) is 2.44. The van der Waals surface area contributed by atoms with Gasteiger partial charge in [0.15, 0.2) is 9.84 Å². The third kappa shape index (κ3) is 5.64. The number of rotatable bonds is 6. The molecule has 3 nitrogen and oxygen atoms in total. The van der Waals surface area contributed by atoms with Crippen LogP contribution in [0.4, 0.5) is 0 Å². The molecule has 4 heteroatoms. The Morgan fingerprint density at radius 3 is 2.06 bits per heavy atom. The van der Waals surface area contributed by atoms with Crippen molar-refractivity contribution in [1.29, 1.82) is 0 Å². The molecule has 0 saturated heterocycles. The van der Waals surface area contributed by atoms with Crippen LogP contribution >= 0.6 is 0 Å². The predicted molar refractivity (Wildman–Crippen MR) is 67.2 cm³/mol. The van der Waals surface area contributed by atoms with E-state index in [-0.39, 0.29) is 11.5 Å². The van der Waals surface area contributed by atoms with Gasteiger partial charge in [-0.3, -0.25) is 4.79 Å². The Hall–Kier alpha value is -0.380. The number of ketones is 1. The predicted octanol–water partition coefficient (Wildman–Crippen LogP) is 2.60. The van der Waals surface area contributed by atoms with Gasteiger partial charge in [-0.05, 0) is 33.1 Å². The highest BCUT2D eigenvalue weighted by atomic mass is 32.2. The fourth-order valence-corrected chi connectivity index (χ4v) is 2.46. The second-order valence-corrected chi connectivity index (χ2v) is 8.53. The summed E-state index contributed by atoms with van der Waals surface area (Å²) in [5, 5.41) is 0. The smallest absolute Gasteiger partial charge is 0.155 e. The molecule has 0 rings (SSSR count). The summed E-state index contributed by atoms with van der Waals surface area (Å²) in [6.45, 7) is 9.06. The molecule has 0 saturated carbocycles. The summed E-state index contributed by atoms with van der Waals surface area (Å²) in [5.74, 6) is 0.631. The molecule has 0 aliphatic rings. The number of carbonyl (C=O) groups is 1. The molecular formula is C12H24O3S. The molecular weight excluding hydrogens is 224 g/mol. The van der Waals surface area contributed by atoms with Gasteiger partial charge in [-0.25, -0.2) is 8.42 Å². The van der Waals surface area contributed by atoms with Crippen molar-refractivity contribution in [2.24, 2.45) is 5.92 Å². The minimum atomic E-state index is -3.07. The second kappa shape index (κ2) is 5.80. The molecule has 0 N–H and O–H groups in total. The van der Waals surface area contributed by atoms with E-state index in [9.17, 15) is 13.2 Å². The van der Waals surface area contributed by atoms with Gasteiger partial charge in [-0.2, -0.15) is 0 Å². The minimum Gasteiger partial charge on any atom is -0.300 e. The molecule has 0 heterocycles. The molecule has 0 aromatic carbocycles. The van der Waals surface area contributed by atoms with Crippen molar-refractivity contribution in [3.05, 3.63) is 0 Å². The zero-order chi connectivity index (χ0) is 13.0. The Labute approximate surface area is 99.5 Å². The van der Waals surface area contributed by atoms with Crippen molar-refractivity contribution < 1.29 is 13.2 Å². The highest BCUT2D eigenvalue weighted by Gasteiger charge is 2.28. The molecule has 96 valence electrons. The molecule has 0 atom stereocenters. The van der Waals surface area contributed by atoms with E-state index < -0.39 is 14.6 Å². The SMILES string of the molecule is CC(C)CC(=O)CCCS(=O)(=O)C(C)(C)C. The maximum Gasteiger partial charge on any atom is 0.155 e. The van der Waals surface area contributed by atoms with Crippen LogP contribution in [0.1, 0.15) is 53.9 Å². The normalized spacial score (nSPS) is 13.1. The standard InChI is InChI=1S/C12H24O3S/c1-10(2)9-11(13)7-6-8-16(14,15)12(3,4)5/h10H,6-9H2,1-5H3. The molecule has 0 radical (unpaired) electrons. The average Bonchev–Trinajstić information content (AvgIpc) is 1.99. The Balaban J connectivity index is 4.06. The number of Topliss-reactive ketones (excluding diaryl/α,β-unsaturated/α-hetero) is 1. The summed E-state index contributed by atoms with van der Waals surface area (Å²) in [7, 11) is -3.07. The molecule has 0 unspecified atom stereocenters. The Morgan fingerprint density at radius 1 is 1.19 bits per heavy atom.